The van der Waals surface area contributed by atoms with Crippen LogP contribution in [0.3, 0.4) is 0 Å². The summed E-state index contributed by atoms with van der Waals surface area (Å²) in [7, 11) is 0. The molecule has 0 bridgehead atoms. The second-order valence-electron chi connectivity index (χ2n) is 4.06. The Bertz CT molecular complexity index is 401. The maximum Gasteiger partial charge on any atom is 0.313 e. The molecule has 0 radical (unpaired) electrons. The average Bonchev–Trinajstić information content (AvgIpc) is 2.28. The van der Waals surface area contributed by atoms with Crippen molar-refractivity contribution in [2.75, 3.05) is 11.9 Å². The molecule has 0 saturated heterocycles. The smallest absolute Gasteiger partial charge is 0.313 e. The molecule has 0 heterocycles. The molecular formula is C12H15IN2O2. The molecule has 0 atom stereocenters. The van der Waals surface area contributed by atoms with Gasteiger partial charge in [0, 0.05) is 15.8 Å². The molecule has 0 aliphatic carbocycles. The van der Waals surface area contributed by atoms with E-state index in [0.29, 0.717) is 18.2 Å². The largest absolute Gasteiger partial charge is 0.348 e. The van der Waals surface area contributed by atoms with Crippen molar-refractivity contribution in [3.8, 4) is 0 Å². The zero-order valence-electron chi connectivity index (χ0n) is 9.79. The lowest BCUT2D eigenvalue weighted by atomic mass is 10.2. The van der Waals surface area contributed by atoms with Gasteiger partial charge in [-0.25, -0.2) is 0 Å². The molecule has 0 saturated carbocycles. The standard InChI is InChI=1S/C12H15IN2O2/c1-8(2)7-14-11(16)12(17)15-10-5-3-9(13)4-6-10/h3-6,8H,7H2,1-2H3,(H,14,16)(H,15,17). The molecule has 4 nitrogen and oxygen atoms in total. The number of carbonyl (C=O) groups is 2. The fourth-order valence-electron chi connectivity index (χ4n) is 1.10. The third-order valence-corrected chi connectivity index (χ3v) is 2.70. The Morgan fingerprint density at radius 1 is 1.18 bits per heavy atom. The summed E-state index contributed by atoms with van der Waals surface area (Å²) in [5, 5.41) is 5.10. The van der Waals surface area contributed by atoms with Crippen LogP contribution in [0.4, 0.5) is 5.69 Å². The number of halogens is 1. The quantitative estimate of drug-likeness (QED) is 0.650. The Hall–Kier alpha value is -1.11. The van der Waals surface area contributed by atoms with Crippen LogP contribution in [0, 0.1) is 9.49 Å². The molecular weight excluding hydrogens is 331 g/mol. The fraction of sp³-hybridized carbons (Fsp3) is 0.333. The number of rotatable bonds is 3. The van der Waals surface area contributed by atoms with Crippen molar-refractivity contribution in [1.82, 2.24) is 5.32 Å². The number of carbonyl (C=O) groups excluding carboxylic acids is 2. The van der Waals surface area contributed by atoms with E-state index in [1.54, 1.807) is 12.1 Å². The molecule has 0 aliphatic heterocycles. The second-order valence-corrected chi connectivity index (χ2v) is 5.31. The van der Waals surface area contributed by atoms with E-state index in [2.05, 4.69) is 33.2 Å². The van der Waals surface area contributed by atoms with Crippen molar-refractivity contribution >= 4 is 40.1 Å². The Morgan fingerprint density at radius 2 is 1.76 bits per heavy atom. The first-order valence-corrected chi connectivity index (χ1v) is 6.41. The summed E-state index contributed by atoms with van der Waals surface area (Å²) in [4.78, 5) is 22.9. The number of amides is 2. The van der Waals surface area contributed by atoms with Crippen molar-refractivity contribution in [3.05, 3.63) is 27.8 Å². The van der Waals surface area contributed by atoms with Gasteiger partial charge < -0.3 is 10.6 Å². The van der Waals surface area contributed by atoms with Gasteiger partial charge in [-0.2, -0.15) is 0 Å². The van der Waals surface area contributed by atoms with Crippen LogP contribution < -0.4 is 10.6 Å². The zero-order valence-corrected chi connectivity index (χ0v) is 11.9. The molecule has 1 rings (SSSR count). The summed E-state index contributed by atoms with van der Waals surface area (Å²) < 4.78 is 1.07. The van der Waals surface area contributed by atoms with E-state index in [1.165, 1.54) is 0 Å². The topological polar surface area (TPSA) is 58.2 Å². The third-order valence-electron chi connectivity index (χ3n) is 1.98. The van der Waals surface area contributed by atoms with Gasteiger partial charge in [-0.3, -0.25) is 9.59 Å². The highest BCUT2D eigenvalue weighted by Gasteiger charge is 2.13. The van der Waals surface area contributed by atoms with Crippen LogP contribution in [0.1, 0.15) is 13.8 Å². The number of hydrogen-bond acceptors (Lipinski definition) is 2. The van der Waals surface area contributed by atoms with Crippen molar-refractivity contribution in [3.63, 3.8) is 0 Å². The summed E-state index contributed by atoms with van der Waals surface area (Å²) in [6.45, 7) is 4.44. The predicted octanol–water partition coefficient (Wildman–Crippen LogP) is 2.00. The zero-order chi connectivity index (χ0) is 12.8. The van der Waals surface area contributed by atoms with Crippen LogP contribution >= 0.6 is 22.6 Å². The van der Waals surface area contributed by atoms with Gasteiger partial charge in [0.25, 0.3) is 0 Å². The number of benzene rings is 1. The highest BCUT2D eigenvalue weighted by molar-refractivity contribution is 14.1. The lowest BCUT2D eigenvalue weighted by Crippen LogP contribution is -2.37. The summed E-state index contributed by atoms with van der Waals surface area (Å²) in [5.41, 5.74) is 0.620. The normalized spacial score (nSPS) is 10.1. The second kappa shape index (κ2) is 6.58. The first kappa shape index (κ1) is 14.0. The maximum atomic E-state index is 11.5. The van der Waals surface area contributed by atoms with Crippen LogP contribution in [-0.4, -0.2) is 18.4 Å². The Labute approximate surface area is 114 Å². The highest BCUT2D eigenvalue weighted by atomic mass is 127. The summed E-state index contributed by atoms with van der Waals surface area (Å²) in [6.07, 6.45) is 0. The van der Waals surface area contributed by atoms with Crippen molar-refractivity contribution in [2.45, 2.75) is 13.8 Å². The van der Waals surface area contributed by atoms with E-state index < -0.39 is 11.8 Å². The van der Waals surface area contributed by atoms with Gasteiger partial charge >= 0.3 is 11.8 Å². The monoisotopic (exact) mass is 346 g/mol. The van der Waals surface area contributed by atoms with Crippen LogP contribution in [-0.2, 0) is 9.59 Å². The molecule has 92 valence electrons. The van der Waals surface area contributed by atoms with Gasteiger partial charge in [0.15, 0.2) is 0 Å². The van der Waals surface area contributed by atoms with Gasteiger partial charge in [0.1, 0.15) is 0 Å². The van der Waals surface area contributed by atoms with Gasteiger partial charge in [-0.05, 0) is 52.8 Å². The lowest BCUT2D eigenvalue weighted by molar-refractivity contribution is -0.136. The third kappa shape index (κ3) is 5.16. The number of hydrogen-bond donors (Lipinski definition) is 2. The van der Waals surface area contributed by atoms with Gasteiger partial charge in [-0.15, -0.1) is 0 Å². The van der Waals surface area contributed by atoms with Crippen molar-refractivity contribution in [2.24, 2.45) is 5.92 Å². The molecule has 1 aromatic carbocycles. The molecule has 0 unspecified atom stereocenters. The van der Waals surface area contributed by atoms with E-state index >= 15 is 0 Å². The minimum atomic E-state index is -0.633. The average molecular weight is 346 g/mol. The van der Waals surface area contributed by atoms with Crippen LogP contribution in [0.15, 0.2) is 24.3 Å². The Kier molecular flexibility index (Phi) is 5.40. The molecule has 1 aromatic rings. The van der Waals surface area contributed by atoms with Crippen molar-refractivity contribution < 1.29 is 9.59 Å². The molecule has 2 amide bonds. The van der Waals surface area contributed by atoms with Crippen LogP contribution in [0.2, 0.25) is 0 Å². The van der Waals surface area contributed by atoms with Gasteiger partial charge in [0.05, 0.1) is 0 Å². The SMILES string of the molecule is CC(C)CNC(=O)C(=O)Nc1ccc(I)cc1. The summed E-state index contributed by atoms with van der Waals surface area (Å²) >= 11 is 2.17. The predicted molar refractivity (Wildman–Crippen MR) is 75.6 cm³/mol. The molecule has 0 aliphatic rings. The molecule has 17 heavy (non-hydrogen) atoms. The summed E-state index contributed by atoms with van der Waals surface area (Å²) in [5.74, 6) is -0.908. The van der Waals surface area contributed by atoms with E-state index in [-0.39, 0.29) is 0 Å². The fourth-order valence-corrected chi connectivity index (χ4v) is 1.46. The molecule has 0 fully saturated rings. The van der Waals surface area contributed by atoms with E-state index in [9.17, 15) is 9.59 Å². The van der Waals surface area contributed by atoms with Crippen LogP contribution in [0.5, 0.6) is 0 Å². The number of nitrogens with one attached hydrogen (secondary N) is 2. The first-order chi connectivity index (χ1) is 7.99. The first-order valence-electron chi connectivity index (χ1n) is 5.34. The maximum absolute atomic E-state index is 11.5. The molecule has 0 spiro atoms. The van der Waals surface area contributed by atoms with Crippen LogP contribution in [0.25, 0.3) is 0 Å². The Morgan fingerprint density at radius 3 is 2.29 bits per heavy atom. The molecule has 5 heteroatoms. The minimum absolute atomic E-state index is 0.324. The molecule has 0 aromatic heterocycles. The highest BCUT2D eigenvalue weighted by Crippen LogP contribution is 2.10. The summed E-state index contributed by atoms with van der Waals surface area (Å²) in [6, 6.07) is 7.25. The lowest BCUT2D eigenvalue weighted by Gasteiger charge is -2.08. The van der Waals surface area contributed by atoms with Gasteiger partial charge in [0.2, 0.25) is 0 Å². The van der Waals surface area contributed by atoms with Crippen molar-refractivity contribution in [1.29, 1.82) is 0 Å². The van der Waals surface area contributed by atoms with E-state index in [4.69, 9.17) is 0 Å². The Balaban J connectivity index is 2.48. The van der Waals surface area contributed by atoms with Gasteiger partial charge in [-0.1, -0.05) is 13.8 Å². The minimum Gasteiger partial charge on any atom is -0.348 e. The van der Waals surface area contributed by atoms with E-state index in [0.717, 1.165) is 3.57 Å². The molecule has 2 N–H and O–H groups in total. The number of anilines is 1. The van der Waals surface area contributed by atoms with E-state index in [1.807, 2.05) is 26.0 Å².